The maximum Gasteiger partial charge on any atom is 0.343 e. The van der Waals surface area contributed by atoms with E-state index in [1.54, 1.807) is 0 Å². The van der Waals surface area contributed by atoms with E-state index in [1.165, 1.54) is 66.9 Å². The second-order valence-corrected chi connectivity index (χ2v) is 5.40. The Labute approximate surface area is 173 Å². The SMILES string of the molecule is COc1cc(OC)c(C(=O)O)c(OC)c1.COc1ccc(C(=O)O)c(OC)c1OC. The van der Waals surface area contributed by atoms with Gasteiger partial charge in [0, 0.05) is 12.1 Å². The van der Waals surface area contributed by atoms with Crippen LogP contribution in [0.3, 0.4) is 0 Å². The Balaban J connectivity index is 0.000000300. The van der Waals surface area contributed by atoms with E-state index in [2.05, 4.69) is 0 Å². The summed E-state index contributed by atoms with van der Waals surface area (Å²) < 4.78 is 29.9. The van der Waals surface area contributed by atoms with Crippen LogP contribution in [0, 0.1) is 0 Å². The van der Waals surface area contributed by atoms with Crippen molar-refractivity contribution in [2.75, 3.05) is 42.7 Å². The fourth-order valence-corrected chi connectivity index (χ4v) is 2.49. The molecular weight excluding hydrogens is 400 g/mol. The van der Waals surface area contributed by atoms with Gasteiger partial charge in [0.25, 0.3) is 0 Å². The van der Waals surface area contributed by atoms with Gasteiger partial charge in [-0.25, -0.2) is 9.59 Å². The highest BCUT2D eigenvalue weighted by molar-refractivity contribution is 5.94. The van der Waals surface area contributed by atoms with Gasteiger partial charge >= 0.3 is 11.9 Å². The molecule has 0 amide bonds. The number of carboxylic acids is 2. The first kappa shape index (κ1) is 24.2. The van der Waals surface area contributed by atoms with Crippen molar-refractivity contribution in [3.05, 3.63) is 35.4 Å². The highest BCUT2D eigenvalue weighted by Crippen LogP contribution is 2.39. The lowest BCUT2D eigenvalue weighted by atomic mass is 10.1. The Morgan fingerprint density at radius 2 is 1.13 bits per heavy atom. The molecule has 2 N–H and O–H groups in total. The quantitative estimate of drug-likeness (QED) is 0.652. The summed E-state index contributed by atoms with van der Waals surface area (Å²) in [4.78, 5) is 21.8. The van der Waals surface area contributed by atoms with E-state index in [0.29, 0.717) is 11.5 Å². The lowest BCUT2D eigenvalue weighted by Gasteiger charge is -2.13. The number of hydrogen-bond donors (Lipinski definition) is 2. The second kappa shape index (κ2) is 11.2. The minimum atomic E-state index is -1.11. The predicted molar refractivity (Wildman–Crippen MR) is 106 cm³/mol. The number of ether oxygens (including phenoxy) is 6. The van der Waals surface area contributed by atoms with Crippen molar-refractivity contribution in [1.29, 1.82) is 0 Å². The number of rotatable bonds is 8. The van der Waals surface area contributed by atoms with Crippen LogP contribution in [-0.2, 0) is 0 Å². The normalized spacial score (nSPS) is 9.53. The molecule has 2 rings (SSSR count). The van der Waals surface area contributed by atoms with Gasteiger partial charge in [0.05, 0.1) is 42.7 Å². The van der Waals surface area contributed by atoms with E-state index in [9.17, 15) is 9.59 Å². The first-order chi connectivity index (χ1) is 14.3. The molecule has 0 spiro atoms. The summed E-state index contributed by atoms with van der Waals surface area (Å²) >= 11 is 0. The molecule has 10 heteroatoms. The van der Waals surface area contributed by atoms with E-state index in [-0.39, 0.29) is 34.1 Å². The Morgan fingerprint density at radius 3 is 1.47 bits per heavy atom. The van der Waals surface area contributed by atoms with Crippen molar-refractivity contribution in [2.24, 2.45) is 0 Å². The summed E-state index contributed by atoms with van der Waals surface area (Å²) in [6.45, 7) is 0. The molecule has 10 nitrogen and oxygen atoms in total. The zero-order valence-electron chi connectivity index (χ0n) is 17.5. The molecule has 0 heterocycles. The fraction of sp³-hybridized carbons (Fsp3) is 0.300. The van der Waals surface area contributed by atoms with E-state index in [0.717, 1.165) is 0 Å². The molecule has 164 valence electrons. The molecule has 0 aliphatic heterocycles. The molecule has 0 radical (unpaired) electrons. The third-order valence-electron chi connectivity index (χ3n) is 3.86. The highest BCUT2D eigenvalue weighted by atomic mass is 16.5. The third-order valence-corrected chi connectivity index (χ3v) is 3.86. The molecule has 0 bridgehead atoms. The summed E-state index contributed by atoms with van der Waals surface area (Å²) in [6.07, 6.45) is 0. The lowest BCUT2D eigenvalue weighted by molar-refractivity contribution is 0.0679. The van der Waals surface area contributed by atoms with Crippen molar-refractivity contribution >= 4 is 11.9 Å². The lowest BCUT2D eigenvalue weighted by Crippen LogP contribution is -2.04. The van der Waals surface area contributed by atoms with Gasteiger partial charge in [-0.05, 0) is 12.1 Å². The van der Waals surface area contributed by atoms with Gasteiger partial charge in [-0.1, -0.05) is 0 Å². The molecule has 0 aromatic heterocycles. The maximum absolute atomic E-state index is 11.0. The number of carboxylic acid groups (broad SMARTS) is 2. The number of hydrogen-bond acceptors (Lipinski definition) is 8. The second-order valence-electron chi connectivity index (χ2n) is 5.40. The molecule has 0 unspecified atom stereocenters. The molecule has 30 heavy (non-hydrogen) atoms. The summed E-state index contributed by atoms with van der Waals surface area (Å²) in [5, 5.41) is 17.9. The Morgan fingerprint density at radius 1 is 0.633 bits per heavy atom. The van der Waals surface area contributed by atoms with Crippen LogP contribution < -0.4 is 28.4 Å². The highest BCUT2D eigenvalue weighted by Gasteiger charge is 2.20. The summed E-state index contributed by atoms with van der Waals surface area (Å²) in [6, 6.07) is 5.91. The Kier molecular flexibility index (Phi) is 9.08. The molecule has 2 aromatic carbocycles. The zero-order valence-corrected chi connectivity index (χ0v) is 17.5. The fourth-order valence-electron chi connectivity index (χ4n) is 2.49. The van der Waals surface area contributed by atoms with E-state index < -0.39 is 11.9 Å². The zero-order chi connectivity index (χ0) is 22.8. The van der Waals surface area contributed by atoms with Crippen molar-refractivity contribution < 1.29 is 48.2 Å². The Bertz CT molecular complexity index is 866. The van der Waals surface area contributed by atoms with Gasteiger partial charge in [-0.3, -0.25) is 0 Å². The van der Waals surface area contributed by atoms with Crippen LogP contribution in [0.15, 0.2) is 24.3 Å². The van der Waals surface area contributed by atoms with Gasteiger partial charge in [-0.2, -0.15) is 0 Å². The van der Waals surface area contributed by atoms with Gasteiger partial charge in [0.15, 0.2) is 11.5 Å². The van der Waals surface area contributed by atoms with Crippen LogP contribution in [0.25, 0.3) is 0 Å². The average molecular weight is 424 g/mol. The number of benzene rings is 2. The summed E-state index contributed by atoms with van der Waals surface area (Å²) in [7, 11) is 8.53. The standard InChI is InChI=1S/2C10H12O5/c1-13-6-4-7(14-2)9(10(11)12)8(5-6)15-3;1-13-7-5-4-6(10(11)12)8(14-2)9(7)15-3/h2*4-5H,1-3H3,(H,11,12). The topological polar surface area (TPSA) is 130 Å². The smallest absolute Gasteiger partial charge is 0.343 e. The molecule has 0 saturated carbocycles. The first-order valence-electron chi connectivity index (χ1n) is 8.35. The Hall–Kier alpha value is -3.82. The van der Waals surface area contributed by atoms with Gasteiger partial charge in [0.1, 0.15) is 28.4 Å². The molecule has 2 aromatic rings. The first-order valence-corrected chi connectivity index (χ1v) is 8.35. The van der Waals surface area contributed by atoms with E-state index in [1.807, 2.05) is 0 Å². The van der Waals surface area contributed by atoms with Crippen LogP contribution in [0.2, 0.25) is 0 Å². The van der Waals surface area contributed by atoms with Crippen LogP contribution in [0.4, 0.5) is 0 Å². The van der Waals surface area contributed by atoms with Crippen LogP contribution in [-0.4, -0.2) is 64.8 Å². The monoisotopic (exact) mass is 424 g/mol. The molecule has 0 aliphatic carbocycles. The predicted octanol–water partition coefficient (Wildman–Crippen LogP) is 2.82. The number of aromatic carboxylic acids is 2. The molecule has 0 aliphatic rings. The molecule has 0 fully saturated rings. The minimum Gasteiger partial charge on any atom is -0.496 e. The van der Waals surface area contributed by atoms with Crippen molar-refractivity contribution in [2.45, 2.75) is 0 Å². The van der Waals surface area contributed by atoms with E-state index >= 15 is 0 Å². The average Bonchev–Trinajstić information content (AvgIpc) is 2.76. The summed E-state index contributed by atoms with van der Waals surface area (Å²) in [5.74, 6) is -0.422. The van der Waals surface area contributed by atoms with Crippen LogP contribution in [0.1, 0.15) is 20.7 Å². The van der Waals surface area contributed by atoms with Crippen molar-refractivity contribution in [3.63, 3.8) is 0 Å². The number of carbonyl (C=O) groups is 2. The van der Waals surface area contributed by atoms with Gasteiger partial charge < -0.3 is 38.6 Å². The number of methoxy groups -OCH3 is 6. The summed E-state index contributed by atoms with van der Waals surface area (Å²) in [5.41, 5.74) is 0.0240. The molecule has 0 saturated heterocycles. The van der Waals surface area contributed by atoms with Crippen LogP contribution >= 0.6 is 0 Å². The van der Waals surface area contributed by atoms with Gasteiger partial charge in [-0.15, -0.1) is 0 Å². The maximum atomic E-state index is 11.0. The molecule has 0 atom stereocenters. The van der Waals surface area contributed by atoms with Crippen molar-refractivity contribution in [1.82, 2.24) is 0 Å². The van der Waals surface area contributed by atoms with E-state index in [4.69, 9.17) is 38.6 Å². The molecular formula is C20H24O10. The van der Waals surface area contributed by atoms with Gasteiger partial charge in [0.2, 0.25) is 5.75 Å². The van der Waals surface area contributed by atoms with Crippen molar-refractivity contribution in [3.8, 4) is 34.5 Å². The van der Waals surface area contributed by atoms with Crippen LogP contribution in [0.5, 0.6) is 34.5 Å². The largest absolute Gasteiger partial charge is 0.496 e. The minimum absolute atomic E-state index is 0.0131. The third kappa shape index (κ3) is 5.37.